The molecule has 0 fully saturated rings. The summed E-state index contributed by atoms with van der Waals surface area (Å²) in [5.74, 6) is 0.257. The number of hydrogen-bond acceptors (Lipinski definition) is 4. The number of carboxylic acids is 1. The van der Waals surface area contributed by atoms with Crippen molar-refractivity contribution in [1.29, 1.82) is 0 Å². The summed E-state index contributed by atoms with van der Waals surface area (Å²) >= 11 is 1.49. The van der Waals surface area contributed by atoms with E-state index in [1.807, 2.05) is 17.5 Å². The molecule has 0 aliphatic carbocycles. The zero-order chi connectivity index (χ0) is 13.2. The smallest absolute Gasteiger partial charge is 0.336 e. The average Bonchev–Trinajstić information content (AvgIpc) is 3.05. The van der Waals surface area contributed by atoms with Crippen LogP contribution in [-0.4, -0.2) is 17.9 Å². The van der Waals surface area contributed by atoms with Gasteiger partial charge in [-0.25, -0.2) is 4.79 Å². The van der Waals surface area contributed by atoms with E-state index >= 15 is 0 Å². The third-order valence-electron chi connectivity index (χ3n) is 2.74. The van der Waals surface area contributed by atoms with Crippen molar-refractivity contribution in [3.05, 3.63) is 46.2 Å². The number of thiophene rings is 1. The van der Waals surface area contributed by atoms with Gasteiger partial charge in [0.2, 0.25) is 6.79 Å². The predicted molar refractivity (Wildman–Crippen MR) is 72.4 cm³/mol. The Kier molecular flexibility index (Phi) is 2.97. The molecule has 0 amide bonds. The van der Waals surface area contributed by atoms with Crippen LogP contribution in [0.3, 0.4) is 0 Å². The van der Waals surface area contributed by atoms with E-state index < -0.39 is 5.97 Å². The molecular formula is C14H10O4S. The summed E-state index contributed by atoms with van der Waals surface area (Å²) in [5.41, 5.74) is 0.839. The van der Waals surface area contributed by atoms with Gasteiger partial charge in [-0.2, -0.15) is 0 Å². The normalized spacial score (nSPS) is 13.6. The van der Waals surface area contributed by atoms with E-state index in [0.29, 0.717) is 17.1 Å². The Morgan fingerprint density at radius 3 is 2.84 bits per heavy atom. The maximum atomic E-state index is 11.4. The number of carboxylic acid groups (broad SMARTS) is 1. The molecule has 2 aromatic rings. The molecule has 0 spiro atoms. The van der Waals surface area contributed by atoms with E-state index in [1.165, 1.54) is 11.3 Å². The van der Waals surface area contributed by atoms with E-state index in [1.54, 1.807) is 24.3 Å². The minimum atomic E-state index is -0.965. The van der Waals surface area contributed by atoms with Crippen molar-refractivity contribution in [2.45, 2.75) is 0 Å². The number of carbonyl (C=O) groups is 1. The van der Waals surface area contributed by atoms with Crippen LogP contribution in [0, 0.1) is 0 Å². The minimum absolute atomic E-state index is 0.176. The highest BCUT2D eigenvalue weighted by Gasteiger charge is 2.17. The predicted octanol–water partition coefficient (Wildman–Crippen LogP) is 3.10. The van der Waals surface area contributed by atoms with Gasteiger partial charge in [-0.15, -0.1) is 11.3 Å². The molecule has 0 saturated heterocycles. The van der Waals surface area contributed by atoms with Gasteiger partial charge in [0.15, 0.2) is 11.5 Å². The van der Waals surface area contributed by atoms with Gasteiger partial charge in [-0.05, 0) is 35.2 Å². The zero-order valence-electron chi connectivity index (χ0n) is 9.83. The van der Waals surface area contributed by atoms with Crippen molar-refractivity contribution in [2.75, 3.05) is 6.79 Å². The van der Waals surface area contributed by atoms with Gasteiger partial charge < -0.3 is 14.6 Å². The lowest BCUT2D eigenvalue weighted by Gasteiger charge is -2.04. The summed E-state index contributed by atoms with van der Waals surface area (Å²) in [6.07, 6.45) is 1.66. The Morgan fingerprint density at radius 1 is 1.26 bits per heavy atom. The van der Waals surface area contributed by atoms with Crippen molar-refractivity contribution >= 4 is 29.0 Å². The van der Waals surface area contributed by atoms with Crippen molar-refractivity contribution in [3.8, 4) is 11.5 Å². The number of benzene rings is 1. The fourth-order valence-electron chi connectivity index (χ4n) is 1.85. The van der Waals surface area contributed by atoms with Gasteiger partial charge in [0.1, 0.15) is 0 Å². The molecule has 0 bridgehead atoms. The third-order valence-corrected chi connectivity index (χ3v) is 3.56. The van der Waals surface area contributed by atoms with Crippen LogP contribution >= 0.6 is 11.3 Å². The third kappa shape index (κ3) is 2.32. The van der Waals surface area contributed by atoms with Crippen LogP contribution in [0.2, 0.25) is 0 Å². The van der Waals surface area contributed by atoms with Crippen LogP contribution in [0.25, 0.3) is 11.6 Å². The largest absolute Gasteiger partial charge is 0.478 e. The van der Waals surface area contributed by atoms with E-state index in [2.05, 4.69) is 0 Å². The molecule has 5 heteroatoms. The fourth-order valence-corrected chi connectivity index (χ4v) is 2.51. The summed E-state index contributed by atoms with van der Waals surface area (Å²) < 4.78 is 10.5. The number of hydrogen-bond donors (Lipinski definition) is 1. The quantitative estimate of drug-likeness (QED) is 0.874. The zero-order valence-corrected chi connectivity index (χ0v) is 10.6. The van der Waals surface area contributed by atoms with Crippen molar-refractivity contribution < 1.29 is 19.4 Å². The Morgan fingerprint density at radius 2 is 2.11 bits per heavy atom. The van der Waals surface area contributed by atoms with E-state index in [0.717, 1.165) is 4.88 Å². The summed E-state index contributed by atoms with van der Waals surface area (Å²) in [6.45, 7) is 0.176. The second kappa shape index (κ2) is 4.78. The standard InChI is InChI=1S/C14H10O4S/c15-14(16)11(7-10-2-1-5-19-10)9-3-4-12-13(6-9)18-8-17-12/h1-7H,8H2,(H,15,16)/b11-7+. The van der Waals surface area contributed by atoms with Gasteiger partial charge in [0.05, 0.1) is 5.57 Å². The van der Waals surface area contributed by atoms with E-state index in [9.17, 15) is 9.90 Å². The molecule has 1 N–H and O–H groups in total. The van der Waals surface area contributed by atoms with Crippen LogP contribution < -0.4 is 9.47 Å². The van der Waals surface area contributed by atoms with Gasteiger partial charge in [-0.3, -0.25) is 0 Å². The van der Waals surface area contributed by atoms with Crippen LogP contribution in [-0.2, 0) is 4.79 Å². The average molecular weight is 274 g/mol. The highest BCUT2D eigenvalue weighted by atomic mass is 32.1. The lowest BCUT2D eigenvalue weighted by molar-refractivity contribution is -0.130. The highest BCUT2D eigenvalue weighted by molar-refractivity contribution is 7.10. The topological polar surface area (TPSA) is 55.8 Å². The first-order valence-electron chi connectivity index (χ1n) is 5.62. The molecule has 1 aromatic carbocycles. The van der Waals surface area contributed by atoms with Gasteiger partial charge in [0.25, 0.3) is 0 Å². The number of aliphatic carboxylic acids is 1. The maximum absolute atomic E-state index is 11.4. The van der Waals surface area contributed by atoms with Crippen molar-refractivity contribution in [1.82, 2.24) is 0 Å². The lowest BCUT2D eigenvalue weighted by Crippen LogP contribution is -1.99. The summed E-state index contributed by atoms with van der Waals surface area (Å²) in [6, 6.07) is 8.90. The molecule has 19 heavy (non-hydrogen) atoms. The van der Waals surface area contributed by atoms with Crippen molar-refractivity contribution in [2.24, 2.45) is 0 Å². The molecule has 4 nitrogen and oxygen atoms in total. The SMILES string of the molecule is O=C(O)/C(=C/c1cccs1)c1ccc2c(c1)OCO2. The highest BCUT2D eigenvalue weighted by Crippen LogP contribution is 2.35. The van der Waals surface area contributed by atoms with Gasteiger partial charge in [0, 0.05) is 4.88 Å². The Hall–Kier alpha value is -2.27. The molecule has 3 rings (SSSR count). The lowest BCUT2D eigenvalue weighted by atomic mass is 10.0. The summed E-state index contributed by atoms with van der Waals surface area (Å²) in [4.78, 5) is 12.3. The monoisotopic (exact) mass is 274 g/mol. The minimum Gasteiger partial charge on any atom is -0.478 e. The Balaban J connectivity index is 2.04. The number of ether oxygens (including phenoxy) is 2. The molecule has 96 valence electrons. The second-order valence-electron chi connectivity index (χ2n) is 3.95. The molecule has 0 atom stereocenters. The molecular weight excluding hydrogens is 264 g/mol. The second-order valence-corrected chi connectivity index (χ2v) is 4.93. The first kappa shape index (κ1) is 11.8. The molecule has 0 unspecified atom stereocenters. The van der Waals surface area contributed by atoms with Crippen LogP contribution in [0.5, 0.6) is 11.5 Å². The van der Waals surface area contributed by atoms with Crippen molar-refractivity contribution in [3.63, 3.8) is 0 Å². The molecule has 0 radical (unpaired) electrons. The van der Waals surface area contributed by atoms with Gasteiger partial charge in [-0.1, -0.05) is 12.1 Å². The van der Waals surface area contributed by atoms with E-state index in [-0.39, 0.29) is 12.4 Å². The van der Waals surface area contributed by atoms with Crippen LogP contribution in [0.1, 0.15) is 10.4 Å². The number of fused-ring (bicyclic) bond motifs is 1. The number of rotatable bonds is 3. The Bertz CT molecular complexity index is 643. The first-order chi connectivity index (χ1) is 9.24. The van der Waals surface area contributed by atoms with Crippen LogP contribution in [0.15, 0.2) is 35.7 Å². The molecule has 2 heterocycles. The van der Waals surface area contributed by atoms with E-state index in [4.69, 9.17) is 9.47 Å². The summed E-state index contributed by atoms with van der Waals surface area (Å²) in [5, 5.41) is 11.2. The Labute approximate surface area is 113 Å². The molecule has 1 aliphatic rings. The summed E-state index contributed by atoms with van der Waals surface area (Å²) in [7, 11) is 0. The van der Waals surface area contributed by atoms with Gasteiger partial charge >= 0.3 is 5.97 Å². The maximum Gasteiger partial charge on any atom is 0.336 e. The molecule has 1 aromatic heterocycles. The molecule has 1 aliphatic heterocycles. The molecule has 0 saturated carbocycles. The first-order valence-corrected chi connectivity index (χ1v) is 6.50. The van der Waals surface area contributed by atoms with Crippen LogP contribution in [0.4, 0.5) is 0 Å². The fraction of sp³-hybridized carbons (Fsp3) is 0.0714.